The van der Waals surface area contributed by atoms with Crippen LogP contribution in [0, 0.1) is 5.92 Å². The van der Waals surface area contributed by atoms with Crippen LogP contribution in [-0.2, 0) is 19.1 Å². The Morgan fingerprint density at radius 1 is 0.900 bits per heavy atom. The van der Waals surface area contributed by atoms with Crippen LogP contribution in [0.1, 0.15) is 79.9 Å². The molecule has 3 aromatic rings. The SMILES string of the molecule is CCC(=O)c1cccc(Oc2ccc(CNC(=O)Nc3cc(C(F)(F)F)ccc3CCCC(CC)CC)cc2)c1. The van der Waals surface area contributed by atoms with Crippen LogP contribution in [0.5, 0.6) is 11.5 Å². The van der Waals surface area contributed by atoms with Gasteiger partial charge in [0, 0.05) is 24.2 Å². The number of anilines is 1. The number of hydrogen-bond acceptors (Lipinski definition) is 3. The average molecular weight is 555 g/mol. The maximum absolute atomic E-state index is 13.3. The zero-order chi connectivity index (χ0) is 29.1. The van der Waals surface area contributed by atoms with Crippen molar-refractivity contribution in [3.05, 3.63) is 89.0 Å². The van der Waals surface area contributed by atoms with Gasteiger partial charge in [-0.1, -0.05) is 70.4 Å². The van der Waals surface area contributed by atoms with E-state index in [9.17, 15) is 22.8 Å². The van der Waals surface area contributed by atoms with Crippen molar-refractivity contribution in [2.45, 2.75) is 72.0 Å². The van der Waals surface area contributed by atoms with Gasteiger partial charge in [0.2, 0.25) is 0 Å². The summed E-state index contributed by atoms with van der Waals surface area (Å²) in [6.07, 6.45) is 0.447. The lowest BCUT2D eigenvalue weighted by Crippen LogP contribution is -2.28. The summed E-state index contributed by atoms with van der Waals surface area (Å²) in [7, 11) is 0. The molecular formula is C32H37F3N2O3. The molecule has 0 aromatic heterocycles. The van der Waals surface area contributed by atoms with Crippen molar-refractivity contribution < 1.29 is 27.5 Å². The third-order valence-electron chi connectivity index (χ3n) is 6.99. The highest BCUT2D eigenvalue weighted by molar-refractivity contribution is 5.96. The van der Waals surface area contributed by atoms with E-state index in [1.54, 1.807) is 55.5 Å². The third-order valence-corrected chi connectivity index (χ3v) is 6.99. The van der Waals surface area contributed by atoms with Crippen LogP contribution in [0.25, 0.3) is 0 Å². The summed E-state index contributed by atoms with van der Waals surface area (Å²) >= 11 is 0. The van der Waals surface area contributed by atoms with Crippen LogP contribution in [0.4, 0.5) is 23.7 Å². The summed E-state index contributed by atoms with van der Waals surface area (Å²) in [5.74, 6) is 1.73. The number of rotatable bonds is 13. The lowest BCUT2D eigenvalue weighted by molar-refractivity contribution is -0.137. The van der Waals surface area contributed by atoms with E-state index in [1.807, 2.05) is 0 Å². The lowest BCUT2D eigenvalue weighted by Gasteiger charge is -2.16. The monoisotopic (exact) mass is 554 g/mol. The van der Waals surface area contributed by atoms with Crippen LogP contribution >= 0.6 is 0 Å². The number of halogens is 3. The molecule has 3 rings (SSSR count). The highest BCUT2D eigenvalue weighted by atomic mass is 19.4. The Morgan fingerprint density at radius 3 is 2.27 bits per heavy atom. The molecule has 0 bridgehead atoms. The van der Waals surface area contributed by atoms with Crippen molar-refractivity contribution in [3.63, 3.8) is 0 Å². The van der Waals surface area contributed by atoms with Crippen LogP contribution in [0.15, 0.2) is 66.7 Å². The van der Waals surface area contributed by atoms with Gasteiger partial charge in [0.15, 0.2) is 5.78 Å². The first-order valence-corrected chi connectivity index (χ1v) is 13.8. The summed E-state index contributed by atoms with van der Waals surface area (Å²) < 4.78 is 45.9. The van der Waals surface area contributed by atoms with E-state index in [4.69, 9.17) is 4.74 Å². The molecule has 0 aliphatic carbocycles. The third kappa shape index (κ3) is 9.14. The summed E-state index contributed by atoms with van der Waals surface area (Å²) in [4.78, 5) is 24.6. The van der Waals surface area contributed by atoms with Gasteiger partial charge in [-0.2, -0.15) is 13.2 Å². The van der Waals surface area contributed by atoms with Gasteiger partial charge in [0.05, 0.1) is 5.56 Å². The number of ketones is 1. The molecule has 0 saturated heterocycles. The Bertz CT molecular complexity index is 1270. The number of aryl methyl sites for hydroxylation is 1. The van der Waals surface area contributed by atoms with E-state index in [-0.39, 0.29) is 18.0 Å². The number of ether oxygens (including phenoxy) is 1. The van der Waals surface area contributed by atoms with E-state index in [0.717, 1.165) is 43.4 Å². The molecule has 0 atom stereocenters. The number of urea groups is 1. The number of benzene rings is 3. The number of alkyl halides is 3. The molecule has 0 radical (unpaired) electrons. The summed E-state index contributed by atoms with van der Waals surface area (Å²) in [6.45, 7) is 6.26. The Kier molecular flexibility index (Phi) is 11.2. The minimum Gasteiger partial charge on any atom is -0.457 e. The summed E-state index contributed by atoms with van der Waals surface area (Å²) in [5, 5.41) is 5.33. The quantitative estimate of drug-likeness (QED) is 0.207. The standard InChI is InChI=1S/C32H37F3N2O3/c1-4-22(5-2)9-7-10-24-15-16-26(32(33,34)35)20-29(24)37-31(39)36-21-23-13-17-27(18-14-23)40-28-12-8-11-25(19-28)30(38)6-3/h8,11-20,22H,4-7,9-10,21H2,1-3H3,(H2,36,37,39). The fourth-order valence-corrected chi connectivity index (χ4v) is 4.46. The first-order valence-electron chi connectivity index (χ1n) is 13.8. The predicted molar refractivity (Wildman–Crippen MR) is 152 cm³/mol. The molecule has 5 nitrogen and oxygen atoms in total. The van der Waals surface area contributed by atoms with E-state index in [1.165, 1.54) is 6.07 Å². The molecule has 0 aliphatic heterocycles. The zero-order valence-electron chi connectivity index (χ0n) is 23.2. The van der Waals surface area contributed by atoms with Crippen molar-refractivity contribution >= 4 is 17.5 Å². The molecule has 0 aliphatic rings. The molecule has 0 heterocycles. The van der Waals surface area contributed by atoms with Crippen LogP contribution < -0.4 is 15.4 Å². The molecule has 2 N–H and O–H groups in total. The minimum absolute atomic E-state index is 0.0315. The highest BCUT2D eigenvalue weighted by Crippen LogP contribution is 2.33. The first kappa shape index (κ1) is 30.7. The minimum atomic E-state index is -4.50. The Labute approximate surface area is 234 Å². The van der Waals surface area contributed by atoms with E-state index in [2.05, 4.69) is 24.5 Å². The first-order chi connectivity index (χ1) is 19.1. The predicted octanol–water partition coefficient (Wildman–Crippen LogP) is 9.17. The average Bonchev–Trinajstić information content (AvgIpc) is 2.94. The molecule has 0 saturated carbocycles. The van der Waals surface area contributed by atoms with Gasteiger partial charge in [-0.05, 0) is 66.3 Å². The second-order valence-electron chi connectivity index (χ2n) is 9.80. The molecule has 214 valence electrons. The van der Waals surface area contributed by atoms with Gasteiger partial charge in [-0.3, -0.25) is 4.79 Å². The molecular weight excluding hydrogens is 517 g/mol. The number of amides is 2. The van der Waals surface area contributed by atoms with E-state index >= 15 is 0 Å². The molecule has 0 fully saturated rings. The number of nitrogens with one attached hydrogen (secondary N) is 2. The topological polar surface area (TPSA) is 67.4 Å². The van der Waals surface area contributed by atoms with Crippen LogP contribution in [0.3, 0.4) is 0 Å². The summed E-state index contributed by atoms with van der Waals surface area (Å²) in [6, 6.07) is 17.0. The normalized spacial score (nSPS) is 11.4. The Morgan fingerprint density at radius 2 is 1.62 bits per heavy atom. The van der Waals surface area contributed by atoms with Crippen molar-refractivity contribution in [3.8, 4) is 11.5 Å². The van der Waals surface area contributed by atoms with Gasteiger partial charge < -0.3 is 15.4 Å². The van der Waals surface area contributed by atoms with E-state index in [0.29, 0.717) is 41.4 Å². The molecule has 2 amide bonds. The van der Waals surface area contributed by atoms with Crippen LogP contribution in [-0.4, -0.2) is 11.8 Å². The largest absolute Gasteiger partial charge is 0.457 e. The number of carbonyl (C=O) groups is 2. The highest BCUT2D eigenvalue weighted by Gasteiger charge is 2.31. The fraction of sp³-hybridized carbons (Fsp3) is 0.375. The van der Waals surface area contributed by atoms with Gasteiger partial charge in [-0.25, -0.2) is 4.79 Å². The van der Waals surface area contributed by atoms with Gasteiger partial charge in [0.25, 0.3) is 0 Å². The van der Waals surface area contributed by atoms with Crippen molar-refractivity contribution in [2.24, 2.45) is 5.92 Å². The Balaban J connectivity index is 1.60. The molecule has 3 aromatic carbocycles. The molecule has 0 spiro atoms. The van der Waals surface area contributed by atoms with Crippen LogP contribution in [0.2, 0.25) is 0 Å². The second-order valence-corrected chi connectivity index (χ2v) is 9.80. The molecule has 8 heteroatoms. The smallest absolute Gasteiger partial charge is 0.416 e. The maximum atomic E-state index is 13.3. The van der Waals surface area contributed by atoms with Crippen molar-refractivity contribution in [1.29, 1.82) is 0 Å². The zero-order valence-corrected chi connectivity index (χ0v) is 23.2. The summed E-state index contributed by atoms with van der Waals surface area (Å²) in [5.41, 5.74) is 1.42. The van der Waals surface area contributed by atoms with Crippen molar-refractivity contribution in [2.75, 3.05) is 5.32 Å². The van der Waals surface area contributed by atoms with Gasteiger partial charge >= 0.3 is 12.2 Å². The number of Topliss-reactive ketones (excluding diaryl/α,β-unsaturated/α-hetero) is 1. The Hall–Kier alpha value is -3.81. The second kappa shape index (κ2) is 14.5. The lowest BCUT2D eigenvalue weighted by atomic mass is 9.94. The number of hydrogen-bond donors (Lipinski definition) is 2. The molecule has 0 unspecified atom stereocenters. The maximum Gasteiger partial charge on any atom is 0.416 e. The molecule has 40 heavy (non-hydrogen) atoms. The van der Waals surface area contributed by atoms with Gasteiger partial charge in [-0.15, -0.1) is 0 Å². The van der Waals surface area contributed by atoms with E-state index < -0.39 is 17.8 Å². The van der Waals surface area contributed by atoms with Gasteiger partial charge in [0.1, 0.15) is 11.5 Å². The van der Waals surface area contributed by atoms with Crippen molar-refractivity contribution in [1.82, 2.24) is 5.32 Å². The fourth-order valence-electron chi connectivity index (χ4n) is 4.46. The number of carbonyl (C=O) groups excluding carboxylic acids is 2.